The SMILES string of the molecule is COCCC(=O)N(Cc1ccc(Cl)c(Cl)c1)C1CC(C(=O)NCCO)=CC(Oc2c(I)cc(C=O)cc2OC)C1O. The number of aldehydes is 1. The number of benzene rings is 2. The Morgan fingerprint density at radius 3 is 2.59 bits per heavy atom. The van der Waals surface area contributed by atoms with Gasteiger partial charge in [0, 0.05) is 37.8 Å². The molecule has 0 saturated heterocycles. The Morgan fingerprint density at radius 1 is 1.20 bits per heavy atom. The molecule has 13 heteroatoms. The number of aliphatic hydroxyl groups excluding tert-OH is 2. The van der Waals surface area contributed by atoms with Gasteiger partial charge in [0.1, 0.15) is 18.5 Å². The fourth-order valence-electron chi connectivity index (χ4n) is 4.40. The molecular weight excluding hydrogens is 690 g/mol. The van der Waals surface area contributed by atoms with Crippen LogP contribution in [0, 0.1) is 3.57 Å². The number of rotatable bonds is 13. The van der Waals surface area contributed by atoms with E-state index in [0.29, 0.717) is 31.0 Å². The smallest absolute Gasteiger partial charge is 0.247 e. The summed E-state index contributed by atoms with van der Waals surface area (Å²) in [6, 6.07) is 7.18. The molecule has 3 atom stereocenters. The molecule has 3 N–H and O–H groups in total. The number of nitrogens with zero attached hydrogens (tertiary/aromatic N) is 1. The summed E-state index contributed by atoms with van der Waals surface area (Å²) in [5, 5.41) is 24.1. The van der Waals surface area contributed by atoms with Crippen LogP contribution in [-0.4, -0.2) is 85.4 Å². The number of carbonyl (C=O) groups is 3. The fourth-order valence-corrected chi connectivity index (χ4v) is 5.47. The molecule has 2 aromatic carbocycles. The highest BCUT2D eigenvalue weighted by Crippen LogP contribution is 2.37. The second-order valence-corrected chi connectivity index (χ2v) is 11.2. The Bertz CT molecular complexity index is 1290. The van der Waals surface area contributed by atoms with Crippen molar-refractivity contribution in [2.45, 2.75) is 37.6 Å². The van der Waals surface area contributed by atoms with Crippen LogP contribution in [0.5, 0.6) is 11.5 Å². The monoisotopic (exact) mass is 720 g/mol. The maximum Gasteiger partial charge on any atom is 0.247 e. The Morgan fingerprint density at radius 2 is 1.95 bits per heavy atom. The lowest BCUT2D eigenvalue weighted by molar-refractivity contribution is -0.140. The molecule has 41 heavy (non-hydrogen) atoms. The quantitative estimate of drug-likeness (QED) is 0.212. The van der Waals surface area contributed by atoms with E-state index in [4.69, 9.17) is 37.4 Å². The number of hydrogen-bond acceptors (Lipinski definition) is 8. The lowest BCUT2D eigenvalue weighted by atomic mass is 9.87. The number of ether oxygens (including phenoxy) is 3. The Hall–Kier alpha value is -2.42. The zero-order chi connectivity index (χ0) is 30.1. The van der Waals surface area contributed by atoms with Gasteiger partial charge >= 0.3 is 0 Å². The van der Waals surface area contributed by atoms with Crippen LogP contribution in [0.25, 0.3) is 0 Å². The van der Waals surface area contributed by atoms with E-state index in [-0.39, 0.29) is 62.1 Å². The molecule has 0 aromatic heterocycles. The second-order valence-electron chi connectivity index (χ2n) is 9.18. The first-order valence-corrected chi connectivity index (χ1v) is 14.5. The molecule has 3 rings (SSSR count). The molecule has 0 spiro atoms. The third-order valence-electron chi connectivity index (χ3n) is 6.43. The largest absolute Gasteiger partial charge is 0.493 e. The van der Waals surface area contributed by atoms with E-state index in [2.05, 4.69) is 5.32 Å². The van der Waals surface area contributed by atoms with E-state index in [0.717, 1.165) is 0 Å². The van der Waals surface area contributed by atoms with Crippen LogP contribution in [0.2, 0.25) is 10.0 Å². The van der Waals surface area contributed by atoms with Gasteiger partial charge in [0.05, 0.1) is 46.4 Å². The highest BCUT2D eigenvalue weighted by Gasteiger charge is 2.41. The van der Waals surface area contributed by atoms with Gasteiger partial charge in [0.15, 0.2) is 11.5 Å². The maximum atomic E-state index is 13.5. The summed E-state index contributed by atoms with van der Waals surface area (Å²) in [7, 11) is 2.90. The molecule has 222 valence electrons. The zero-order valence-electron chi connectivity index (χ0n) is 22.4. The molecular formula is C28H31Cl2IN2O8. The fraction of sp³-hybridized carbons (Fsp3) is 0.393. The van der Waals surface area contributed by atoms with E-state index in [1.54, 1.807) is 24.3 Å². The first-order valence-electron chi connectivity index (χ1n) is 12.6. The van der Waals surface area contributed by atoms with Gasteiger partial charge in [0.2, 0.25) is 11.8 Å². The first-order chi connectivity index (χ1) is 19.6. The number of carbonyl (C=O) groups excluding carboxylic acids is 3. The van der Waals surface area contributed by atoms with Gasteiger partial charge in [-0.1, -0.05) is 29.3 Å². The van der Waals surface area contributed by atoms with Crippen molar-refractivity contribution < 1.29 is 38.8 Å². The second kappa shape index (κ2) is 15.7. The third kappa shape index (κ3) is 8.55. The van der Waals surface area contributed by atoms with Crippen molar-refractivity contribution in [2.24, 2.45) is 0 Å². The van der Waals surface area contributed by atoms with E-state index < -0.39 is 24.2 Å². The summed E-state index contributed by atoms with van der Waals surface area (Å²) >= 11 is 14.3. The van der Waals surface area contributed by atoms with E-state index in [9.17, 15) is 24.6 Å². The van der Waals surface area contributed by atoms with Crippen LogP contribution in [-0.2, 0) is 20.9 Å². The molecule has 0 radical (unpaired) electrons. The Balaban J connectivity index is 2.05. The van der Waals surface area contributed by atoms with E-state index >= 15 is 0 Å². The van der Waals surface area contributed by atoms with Gasteiger partial charge in [-0.2, -0.15) is 0 Å². The summed E-state index contributed by atoms with van der Waals surface area (Å²) in [4.78, 5) is 39.3. The standard InChI is InChI=1S/C28H31Cl2IN2O8/c1-39-8-5-25(36)33(14-16-3-4-19(29)20(30)9-16)22-12-18(28(38)32-6-7-34)13-23(26(22)37)41-27-21(31)10-17(15-35)11-24(27)40-2/h3-4,9-11,13,15,22-23,26,34,37H,5-8,12,14H2,1-2H3,(H,32,38). The highest BCUT2D eigenvalue weighted by molar-refractivity contribution is 14.1. The van der Waals surface area contributed by atoms with Crippen molar-refractivity contribution in [1.82, 2.24) is 10.2 Å². The molecule has 2 amide bonds. The van der Waals surface area contributed by atoms with Gasteiger partial charge in [-0.15, -0.1) is 0 Å². The molecule has 0 saturated carbocycles. The predicted molar refractivity (Wildman–Crippen MR) is 162 cm³/mol. The highest BCUT2D eigenvalue weighted by atomic mass is 127. The number of nitrogens with one attached hydrogen (secondary N) is 1. The van der Waals surface area contributed by atoms with Crippen molar-refractivity contribution in [3.63, 3.8) is 0 Å². The molecule has 0 heterocycles. The lowest BCUT2D eigenvalue weighted by Crippen LogP contribution is -2.55. The van der Waals surface area contributed by atoms with Crippen LogP contribution in [0.15, 0.2) is 42.0 Å². The topological polar surface area (TPSA) is 135 Å². The van der Waals surface area contributed by atoms with Crippen molar-refractivity contribution in [3.05, 3.63) is 66.7 Å². The minimum absolute atomic E-state index is 0.0106. The number of aliphatic hydroxyl groups is 2. The van der Waals surface area contributed by atoms with Crippen LogP contribution in [0.3, 0.4) is 0 Å². The molecule has 2 aromatic rings. The molecule has 1 aliphatic carbocycles. The Kier molecular flexibility index (Phi) is 12.7. The van der Waals surface area contributed by atoms with Crippen molar-refractivity contribution in [2.75, 3.05) is 34.0 Å². The number of methoxy groups -OCH3 is 2. The normalized spacial score (nSPS) is 18.3. The van der Waals surface area contributed by atoms with Gasteiger partial charge in [-0.25, -0.2) is 0 Å². The van der Waals surface area contributed by atoms with Crippen molar-refractivity contribution >= 4 is 63.9 Å². The summed E-state index contributed by atoms with van der Waals surface area (Å²) in [6.45, 7) is -0.0259. The van der Waals surface area contributed by atoms with Crippen LogP contribution in [0.1, 0.15) is 28.8 Å². The summed E-state index contributed by atoms with van der Waals surface area (Å²) in [5.74, 6) is -0.269. The number of halogens is 3. The molecule has 3 unspecified atom stereocenters. The molecule has 1 aliphatic rings. The predicted octanol–water partition coefficient (Wildman–Crippen LogP) is 3.40. The summed E-state index contributed by atoms with van der Waals surface area (Å²) in [6.07, 6.45) is -0.147. The molecule has 10 nitrogen and oxygen atoms in total. The molecule has 0 fully saturated rings. The zero-order valence-corrected chi connectivity index (χ0v) is 26.1. The average molecular weight is 721 g/mol. The summed E-state index contributed by atoms with van der Waals surface area (Å²) < 4.78 is 17.3. The maximum absolute atomic E-state index is 13.5. The van der Waals surface area contributed by atoms with Gasteiger partial charge < -0.3 is 34.6 Å². The number of hydrogen-bond donors (Lipinski definition) is 3. The number of amides is 2. The van der Waals surface area contributed by atoms with Crippen LogP contribution < -0.4 is 14.8 Å². The summed E-state index contributed by atoms with van der Waals surface area (Å²) in [5.41, 5.74) is 1.30. The lowest BCUT2D eigenvalue weighted by Gasteiger charge is -2.40. The van der Waals surface area contributed by atoms with E-state index in [1.807, 2.05) is 22.6 Å². The average Bonchev–Trinajstić information content (AvgIpc) is 2.96. The third-order valence-corrected chi connectivity index (χ3v) is 7.97. The minimum atomic E-state index is -1.27. The van der Waals surface area contributed by atoms with Gasteiger partial charge in [0.25, 0.3) is 0 Å². The van der Waals surface area contributed by atoms with Crippen LogP contribution in [0.4, 0.5) is 0 Å². The van der Waals surface area contributed by atoms with Gasteiger partial charge in [-0.05, 0) is 58.5 Å². The molecule has 0 bridgehead atoms. The Labute approximate surface area is 261 Å². The van der Waals surface area contributed by atoms with Gasteiger partial charge in [-0.3, -0.25) is 14.4 Å². The van der Waals surface area contributed by atoms with Crippen LogP contribution >= 0.6 is 45.8 Å². The minimum Gasteiger partial charge on any atom is -0.493 e. The van der Waals surface area contributed by atoms with Crippen molar-refractivity contribution in [3.8, 4) is 11.5 Å². The first kappa shape index (κ1) is 33.1. The molecule has 0 aliphatic heterocycles. The van der Waals surface area contributed by atoms with E-state index in [1.165, 1.54) is 31.3 Å². The van der Waals surface area contributed by atoms with Crippen molar-refractivity contribution in [1.29, 1.82) is 0 Å².